The van der Waals surface area contributed by atoms with Crippen LogP contribution in [0.3, 0.4) is 0 Å². The molecule has 0 spiro atoms. The normalized spacial score (nSPS) is 16.5. The SMILES string of the molecule is CCCCCC(C)(Pc1ccc(C)cc1N1CCCCC1)c1cc(C(C)(C)C)cc(C)c1OCOC. The lowest BCUT2D eigenvalue weighted by Gasteiger charge is -2.37. The van der Waals surface area contributed by atoms with Gasteiger partial charge in [0, 0.05) is 36.6 Å². The Labute approximate surface area is 223 Å². The fourth-order valence-corrected chi connectivity index (χ4v) is 7.10. The third-order valence-electron chi connectivity index (χ3n) is 7.60. The first kappa shape index (κ1) is 29.0. The quantitative estimate of drug-likeness (QED) is 0.172. The van der Waals surface area contributed by atoms with E-state index in [1.165, 1.54) is 84.9 Å². The summed E-state index contributed by atoms with van der Waals surface area (Å²) in [6.07, 6.45) is 8.83. The Morgan fingerprint density at radius 3 is 2.31 bits per heavy atom. The summed E-state index contributed by atoms with van der Waals surface area (Å²) >= 11 is 0. The number of piperidine rings is 1. The van der Waals surface area contributed by atoms with Crippen molar-refractivity contribution in [2.24, 2.45) is 0 Å². The molecule has 0 amide bonds. The van der Waals surface area contributed by atoms with Gasteiger partial charge in [0.05, 0.1) is 0 Å². The Morgan fingerprint density at radius 2 is 1.67 bits per heavy atom. The van der Waals surface area contributed by atoms with Crippen molar-refractivity contribution in [2.45, 2.75) is 104 Å². The highest BCUT2D eigenvalue weighted by Crippen LogP contribution is 2.51. The molecule has 0 radical (unpaired) electrons. The molecule has 1 saturated heterocycles. The van der Waals surface area contributed by atoms with E-state index in [1.807, 2.05) is 0 Å². The lowest BCUT2D eigenvalue weighted by Crippen LogP contribution is -2.33. The average Bonchev–Trinajstić information content (AvgIpc) is 2.84. The predicted octanol–water partition coefficient (Wildman–Crippen LogP) is 8.37. The van der Waals surface area contributed by atoms with E-state index in [0.717, 1.165) is 12.2 Å². The van der Waals surface area contributed by atoms with Gasteiger partial charge in [-0.3, -0.25) is 0 Å². The van der Waals surface area contributed by atoms with Crippen LogP contribution in [0.25, 0.3) is 0 Å². The predicted molar refractivity (Wildman–Crippen MR) is 159 cm³/mol. The summed E-state index contributed by atoms with van der Waals surface area (Å²) < 4.78 is 11.7. The second-order valence-electron chi connectivity index (χ2n) is 12.0. The molecule has 3 rings (SSSR count). The molecule has 0 saturated carbocycles. The minimum Gasteiger partial charge on any atom is -0.467 e. The first-order chi connectivity index (χ1) is 17.1. The zero-order valence-corrected chi connectivity index (χ0v) is 25.2. The van der Waals surface area contributed by atoms with Crippen molar-refractivity contribution in [2.75, 3.05) is 31.9 Å². The van der Waals surface area contributed by atoms with Crippen molar-refractivity contribution < 1.29 is 9.47 Å². The van der Waals surface area contributed by atoms with Gasteiger partial charge < -0.3 is 14.4 Å². The molecule has 36 heavy (non-hydrogen) atoms. The van der Waals surface area contributed by atoms with Crippen molar-refractivity contribution >= 4 is 19.6 Å². The molecule has 2 atom stereocenters. The molecule has 1 aliphatic rings. The maximum atomic E-state index is 6.31. The number of benzene rings is 2. The van der Waals surface area contributed by atoms with Gasteiger partial charge in [-0.1, -0.05) is 86.7 Å². The van der Waals surface area contributed by atoms with Gasteiger partial charge in [0.15, 0.2) is 6.79 Å². The van der Waals surface area contributed by atoms with Gasteiger partial charge in [0.2, 0.25) is 0 Å². The largest absolute Gasteiger partial charge is 0.467 e. The summed E-state index contributed by atoms with van der Waals surface area (Å²) in [7, 11) is 2.38. The van der Waals surface area contributed by atoms with Crippen LogP contribution in [0.5, 0.6) is 5.75 Å². The lowest BCUT2D eigenvalue weighted by atomic mass is 9.82. The highest BCUT2D eigenvalue weighted by molar-refractivity contribution is 7.49. The Morgan fingerprint density at radius 1 is 0.944 bits per heavy atom. The van der Waals surface area contributed by atoms with E-state index >= 15 is 0 Å². The van der Waals surface area contributed by atoms with Crippen LogP contribution in [0, 0.1) is 13.8 Å². The minimum atomic E-state index is -0.00986. The third-order valence-corrected chi connectivity index (χ3v) is 9.36. The third kappa shape index (κ3) is 7.26. The van der Waals surface area contributed by atoms with Crippen molar-refractivity contribution in [3.05, 3.63) is 52.6 Å². The molecule has 3 nitrogen and oxygen atoms in total. The average molecular weight is 512 g/mol. The highest BCUT2D eigenvalue weighted by atomic mass is 31.1. The highest BCUT2D eigenvalue weighted by Gasteiger charge is 2.34. The Balaban J connectivity index is 2.14. The summed E-state index contributed by atoms with van der Waals surface area (Å²) in [4.78, 5) is 2.64. The fourth-order valence-electron chi connectivity index (χ4n) is 5.36. The van der Waals surface area contributed by atoms with Crippen LogP contribution in [0.15, 0.2) is 30.3 Å². The standard InChI is InChI=1S/C32H50NO2P/c1-9-10-12-17-32(7,27-22-26(31(4,5)6)21-25(3)30(27)35-23-34-8)36-29-16-15-24(2)20-28(29)33-18-13-11-14-19-33/h15-16,20-22,36H,9-14,17-19,23H2,1-8H3. The maximum absolute atomic E-state index is 6.31. The number of hydrogen-bond donors (Lipinski definition) is 0. The van der Waals surface area contributed by atoms with Crippen molar-refractivity contribution in [1.29, 1.82) is 0 Å². The summed E-state index contributed by atoms with van der Waals surface area (Å²) in [6, 6.07) is 11.9. The van der Waals surface area contributed by atoms with Crippen LogP contribution in [-0.4, -0.2) is 27.0 Å². The zero-order valence-electron chi connectivity index (χ0n) is 24.2. The van der Waals surface area contributed by atoms with Gasteiger partial charge >= 0.3 is 0 Å². The van der Waals surface area contributed by atoms with Crippen LogP contribution >= 0.6 is 8.58 Å². The van der Waals surface area contributed by atoms with Gasteiger partial charge in [-0.2, -0.15) is 0 Å². The Bertz CT molecular complexity index is 990. The summed E-state index contributed by atoms with van der Waals surface area (Å²) in [5.74, 6) is 1.02. The van der Waals surface area contributed by atoms with E-state index in [1.54, 1.807) is 7.11 Å². The Hall–Kier alpha value is -1.57. The number of unbranched alkanes of at least 4 members (excludes halogenated alkanes) is 2. The molecule has 1 aliphatic heterocycles. The molecule has 0 bridgehead atoms. The van der Waals surface area contributed by atoms with E-state index in [-0.39, 0.29) is 17.4 Å². The summed E-state index contributed by atoms with van der Waals surface area (Å²) in [5, 5.41) is 1.49. The number of anilines is 1. The molecule has 2 unspecified atom stereocenters. The van der Waals surface area contributed by atoms with Crippen molar-refractivity contribution in [3.8, 4) is 5.75 Å². The smallest absolute Gasteiger partial charge is 0.188 e. The molecule has 0 N–H and O–H groups in total. The molecule has 4 heteroatoms. The van der Waals surface area contributed by atoms with E-state index in [9.17, 15) is 0 Å². The maximum Gasteiger partial charge on any atom is 0.188 e. The number of methoxy groups -OCH3 is 1. The first-order valence-electron chi connectivity index (χ1n) is 14.0. The molecular formula is C32H50NO2P. The van der Waals surface area contributed by atoms with Gasteiger partial charge in [-0.15, -0.1) is 0 Å². The van der Waals surface area contributed by atoms with Crippen LogP contribution in [0.4, 0.5) is 5.69 Å². The molecule has 1 fully saturated rings. The number of ether oxygens (including phenoxy) is 2. The lowest BCUT2D eigenvalue weighted by molar-refractivity contribution is 0.0494. The molecule has 200 valence electrons. The Kier molecular flexibility index (Phi) is 10.3. The minimum absolute atomic E-state index is 0.00986. The van der Waals surface area contributed by atoms with E-state index < -0.39 is 0 Å². The van der Waals surface area contributed by atoms with E-state index in [4.69, 9.17) is 9.47 Å². The van der Waals surface area contributed by atoms with Gasteiger partial charge in [-0.25, -0.2) is 0 Å². The molecular weight excluding hydrogens is 461 g/mol. The van der Waals surface area contributed by atoms with Crippen LogP contribution in [0.2, 0.25) is 0 Å². The first-order valence-corrected chi connectivity index (χ1v) is 15.0. The number of aryl methyl sites for hydroxylation is 2. The van der Waals surface area contributed by atoms with Gasteiger partial charge in [-0.05, 0) is 73.0 Å². The number of rotatable bonds is 11. The molecule has 2 aromatic rings. The van der Waals surface area contributed by atoms with E-state index in [0.29, 0.717) is 8.58 Å². The number of hydrogen-bond acceptors (Lipinski definition) is 3. The molecule has 2 aromatic carbocycles. The van der Waals surface area contributed by atoms with Crippen LogP contribution < -0.4 is 14.9 Å². The molecule has 0 aromatic heterocycles. The number of nitrogens with zero attached hydrogens (tertiary/aromatic N) is 1. The van der Waals surface area contributed by atoms with Crippen LogP contribution in [-0.2, 0) is 15.3 Å². The van der Waals surface area contributed by atoms with Crippen molar-refractivity contribution in [3.63, 3.8) is 0 Å². The van der Waals surface area contributed by atoms with E-state index in [2.05, 4.69) is 83.7 Å². The topological polar surface area (TPSA) is 21.7 Å². The second-order valence-corrected chi connectivity index (χ2v) is 13.8. The summed E-state index contributed by atoms with van der Waals surface area (Å²) in [6.45, 7) is 18.8. The second kappa shape index (κ2) is 12.8. The van der Waals surface area contributed by atoms with Gasteiger partial charge in [0.25, 0.3) is 0 Å². The van der Waals surface area contributed by atoms with Crippen molar-refractivity contribution in [1.82, 2.24) is 0 Å². The monoisotopic (exact) mass is 511 g/mol. The zero-order chi connectivity index (χ0) is 26.3. The fraction of sp³-hybridized carbons (Fsp3) is 0.625. The molecule has 1 heterocycles. The van der Waals surface area contributed by atoms with Crippen LogP contribution in [0.1, 0.15) is 102 Å². The molecule has 0 aliphatic carbocycles. The summed E-state index contributed by atoms with van der Waals surface area (Å²) in [5.41, 5.74) is 6.83. The van der Waals surface area contributed by atoms with Gasteiger partial charge in [0.1, 0.15) is 5.75 Å².